The summed E-state index contributed by atoms with van der Waals surface area (Å²) in [6.07, 6.45) is 5.58. The summed E-state index contributed by atoms with van der Waals surface area (Å²) in [5.74, 6) is -0.0515. The van der Waals surface area contributed by atoms with Crippen molar-refractivity contribution in [2.75, 3.05) is 40.4 Å². The largest absolute Gasteiger partial charge is 0.493 e. The first-order valence-corrected chi connectivity index (χ1v) is 14.7. The molecule has 1 heterocycles. The van der Waals surface area contributed by atoms with Crippen molar-refractivity contribution in [3.8, 4) is 11.5 Å². The van der Waals surface area contributed by atoms with Gasteiger partial charge in [0.2, 0.25) is 5.91 Å². The Balaban J connectivity index is 1.33. The predicted octanol–water partition coefficient (Wildman–Crippen LogP) is 5.00. The van der Waals surface area contributed by atoms with Crippen molar-refractivity contribution < 1.29 is 29.0 Å². The second-order valence-corrected chi connectivity index (χ2v) is 11.8. The van der Waals surface area contributed by atoms with Gasteiger partial charge in [-0.2, -0.15) is 0 Å². The SMILES string of the molecule is COc1cc(CN(CC2CCCCC2C(=O)O)C2CCc3cc(Cl)ccc32)ccc1OCCN1C(=O)CN(C)C1=O. The number of methoxy groups -OCH3 is 1. The average Bonchev–Trinajstić information content (AvgIpc) is 3.48. The zero-order chi connectivity index (χ0) is 29.1. The van der Waals surface area contributed by atoms with Gasteiger partial charge in [0, 0.05) is 31.2 Å². The molecule has 5 rings (SSSR count). The predicted molar refractivity (Wildman–Crippen MR) is 154 cm³/mol. The van der Waals surface area contributed by atoms with Crippen LogP contribution in [-0.4, -0.2) is 78.1 Å². The fourth-order valence-electron chi connectivity index (χ4n) is 6.60. The number of rotatable bonds is 11. The van der Waals surface area contributed by atoms with E-state index in [0.717, 1.165) is 49.1 Å². The Bertz CT molecular complexity index is 1300. The molecule has 0 bridgehead atoms. The molecule has 2 fully saturated rings. The van der Waals surface area contributed by atoms with Crippen LogP contribution >= 0.6 is 11.6 Å². The molecule has 2 aliphatic carbocycles. The molecule has 1 saturated heterocycles. The highest BCUT2D eigenvalue weighted by Gasteiger charge is 2.36. The molecule has 10 heteroatoms. The zero-order valence-corrected chi connectivity index (χ0v) is 24.4. The second kappa shape index (κ2) is 12.7. The lowest BCUT2D eigenvalue weighted by Gasteiger charge is -2.37. The number of carbonyl (C=O) groups is 3. The molecule has 0 aromatic heterocycles. The molecule has 41 heavy (non-hydrogen) atoms. The number of imide groups is 1. The lowest BCUT2D eigenvalue weighted by Crippen LogP contribution is -2.38. The standard InChI is InChI=1S/C31H38ClN3O6/c1-33-19-29(36)35(31(33)39)13-14-41-27-12-7-20(15-28(27)40-2)17-34(18-22-5-3-4-6-25(22)30(37)38)26-11-8-21-16-23(32)9-10-24(21)26/h7,9-10,12,15-16,22,25-26H,3-6,8,11,13-14,17-19H2,1-2H3,(H,37,38). The van der Waals surface area contributed by atoms with E-state index in [0.29, 0.717) is 24.6 Å². The van der Waals surface area contributed by atoms with Crippen LogP contribution in [0.4, 0.5) is 4.79 Å². The Morgan fingerprint density at radius 1 is 1.10 bits per heavy atom. The summed E-state index contributed by atoms with van der Waals surface area (Å²) in [4.78, 5) is 41.3. The number of halogens is 1. The van der Waals surface area contributed by atoms with Gasteiger partial charge in [0.15, 0.2) is 11.5 Å². The van der Waals surface area contributed by atoms with Gasteiger partial charge in [0.25, 0.3) is 0 Å². The van der Waals surface area contributed by atoms with Crippen molar-refractivity contribution in [1.29, 1.82) is 0 Å². The van der Waals surface area contributed by atoms with Crippen LogP contribution in [0.2, 0.25) is 5.02 Å². The molecule has 0 radical (unpaired) electrons. The van der Waals surface area contributed by atoms with E-state index in [4.69, 9.17) is 21.1 Å². The molecular formula is C31H38ClN3O6. The number of fused-ring (bicyclic) bond motifs is 1. The van der Waals surface area contributed by atoms with Crippen LogP contribution in [-0.2, 0) is 22.6 Å². The summed E-state index contributed by atoms with van der Waals surface area (Å²) in [6, 6.07) is 11.8. The Morgan fingerprint density at radius 3 is 2.63 bits per heavy atom. The van der Waals surface area contributed by atoms with Crippen molar-refractivity contribution in [3.05, 3.63) is 58.1 Å². The maximum Gasteiger partial charge on any atom is 0.327 e. The topological polar surface area (TPSA) is 99.6 Å². The van der Waals surface area contributed by atoms with Crippen molar-refractivity contribution in [3.63, 3.8) is 0 Å². The normalized spacial score (nSPS) is 22.4. The van der Waals surface area contributed by atoms with Crippen molar-refractivity contribution in [2.45, 2.75) is 51.1 Å². The maximum atomic E-state index is 12.1. The Hall–Kier alpha value is -3.30. The number of carbonyl (C=O) groups excluding carboxylic acids is 2. The number of hydrogen-bond donors (Lipinski definition) is 1. The van der Waals surface area contributed by atoms with Gasteiger partial charge in [0.1, 0.15) is 13.2 Å². The van der Waals surface area contributed by atoms with Gasteiger partial charge in [-0.3, -0.25) is 19.4 Å². The van der Waals surface area contributed by atoms with E-state index < -0.39 is 5.97 Å². The third-order valence-corrected chi connectivity index (χ3v) is 8.94. The molecular weight excluding hydrogens is 546 g/mol. The highest BCUT2D eigenvalue weighted by molar-refractivity contribution is 6.30. The van der Waals surface area contributed by atoms with Crippen molar-refractivity contribution in [2.24, 2.45) is 11.8 Å². The number of urea groups is 1. The number of carboxylic acid groups (broad SMARTS) is 1. The first-order chi connectivity index (χ1) is 19.7. The van der Waals surface area contributed by atoms with Gasteiger partial charge >= 0.3 is 12.0 Å². The van der Waals surface area contributed by atoms with Gasteiger partial charge in [-0.15, -0.1) is 0 Å². The molecule has 1 saturated carbocycles. The van der Waals surface area contributed by atoms with Gasteiger partial charge in [-0.1, -0.05) is 36.6 Å². The van der Waals surface area contributed by atoms with Crippen LogP contribution in [0.5, 0.6) is 11.5 Å². The van der Waals surface area contributed by atoms with E-state index in [2.05, 4.69) is 11.0 Å². The smallest absolute Gasteiger partial charge is 0.327 e. The van der Waals surface area contributed by atoms with Crippen LogP contribution < -0.4 is 9.47 Å². The molecule has 3 amide bonds. The third-order valence-electron chi connectivity index (χ3n) is 8.70. The molecule has 9 nitrogen and oxygen atoms in total. The number of nitrogens with zero attached hydrogens (tertiary/aromatic N) is 3. The fourth-order valence-corrected chi connectivity index (χ4v) is 6.79. The number of hydrogen-bond acceptors (Lipinski definition) is 6. The van der Waals surface area contributed by atoms with Crippen LogP contribution in [0, 0.1) is 11.8 Å². The quantitative estimate of drug-likeness (QED) is 0.372. The molecule has 3 unspecified atom stereocenters. The minimum Gasteiger partial charge on any atom is -0.493 e. The van der Waals surface area contributed by atoms with Gasteiger partial charge in [0.05, 0.1) is 19.6 Å². The molecule has 220 valence electrons. The number of benzene rings is 2. The molecule has 3 aliphatic rings. The van der Waals surface area contributed by atoms with E-state index in [1.165, 1.54) is 20.9 Å². The van der Waals surface area contributed by atoms with E-state index in [1.807, 2.05) is 30.3 Å². The summed E-state index contributed by atoms with van der Waals surface area (Å²) in [7, 11) is 3.18. The molecule has 2 aromatic carbocycles. The van der Waals surface area contributed by atoms with E-state index in [1.54, 1.807) is 14.2 Å². The van der Waals surface area contributed by atoms with Crippen molar-refractivity contribution >= 4 is 29.5 Å². The Kier molecular flexibility index (Phi) is 9.04. The number of aryl methyl sites for hydroxylation is 1. The summed E-state index contributed by atoms with van der Waals surface area (Å²) < 4.78 is 11.6. The number of carboxylic acids is 1. The first-order valence-electron chi connectivity index (χ1n) is 14.4. The van der Waals surface area contributed by atoms with Gasteiger partial charge < -0.3 is 19.5 Å². The Labute approximate surface area is 245 Å². The molecule has 2 aromatic rings. The van der Waals surface area contributed by atoms with Crippen LogP contribution in [0.3, 0.4) is 0 Å². The van der Waals surface area contributed by atoms with Crippen LogP contribution in [0.1, 0.15) is 54.8 Å². The number of aliphatic carboxylic acids is 1. The first kappa shape index (κ1) is 29.2. The van der Waals surface area contributed by atoms with Crippen LogP contribution in [0.25, 0.3) is 0 Å². The van der Waals surface area contributed by atoms with E-state index >= 15 is 0 Å². The minimum atomic E-state index is -0.694. The number of ether oxygens (including phenoxy) is 2. The number of likely N-dealkylation sites (N-methyl/N-ethyl adjacent to an activating group) is 1. The van der Waals surface area contributed by atoms with Gasteiger partial charge in [-0.05, 0) is 72.6 Å². The summed E-state index contributed by atoms with van der Waals surface area (Å²) in [5, 5.41) is 10.7. The van der Waals surface area contributed by atoms with E-state index in [-0.39, 0.29) is 49.5 Å². The molecule has 1 aliphatic heterocycles. The summed E-state index contributed by atoms with van der Waals surface area (Å²) in [6.45, 7) is 1.75. The highest BCUT2D eigenvalue weighted by Crippen LogP contribution is 2.41. The summed E-state index contributed by atoms with van der Waals surface area (Å²) >= 11 is 6.29. The average molecular weight is 584 g/mol. The molecule has 3 atom stereocenters. The third kappa shape index (κ3) is 6.46. The second-order valence-electron chi connectivity index (χ2n) is 11.3. The van der Waals surface area contributed by atoms with E-state index in [9.17, 15) is 19.5 Å². The lowest BCUT2D eigenvalue weighted by molar-refractivity contribution is -0.145. The van der Waals surface area contributed by atoms with Crippen LogP contribution in [0.15, 0.2) is 36.4 Å². The summed E-state index contributed by atoms with van der Waals surface area (Å²) in [5.41, 5.74) is 3.56. The van der Waals surface area contributed by atoms with Crippen molar-refractivity contribution in [1.82, 2.24) is 14.7 Å². The maximum absolute atomic E-state index is 12.1. The zero-order valence-electron chi connectivity index (χ0n) is 23.7. The Morgan fingerprint density at radius 2 is 1.90 bits per heavy atom. The number of amides is 3. The molecule has 1 N–H and O–H groups in total. The minimum absolute atomic E-state index is 0.0833. The molecule has 0 spiro atoms. The van der Waals surface area contributed by atoms with Gasteiger partial charge in [-0.25, -0.2) is 4.79 Å². The fraction of sp³-hybridized carbons (Fsp3) is 0.516. The highest BCUT2D eigenvalue weighted by atomic mass is 35.5. The lowest BCUT2D eigenvalue weighted by atomic mass is 9.78. The monoisotopic (exact) mass is 583 g/mol.